The summed E-state index contributed by atoms with van der Waals surface area (Å²) in [5.74, 6) is 0. The van der Waals surface area contributed by atoms with Crippen molar-refractivity contribution in [2.45, 2.75) is 20.3 Å². The molecular weight excluding hydrogens is 212 g/mol. The van der Waals surface area contributed by atoms with Crippen LogP contribution in [-0.4, -0.2) is 19.8 Å². The molecule has 0 unspecified atom stereocenters. The van der Waals surface area contributed by atoms with Gasteiger partial charge in [0.05, 0.1) is 26.1 Å². The fourth-order valence-electron chi connectivity index (χ4n) is 1.85. The summed E-state index contributed by atoms with van der Waals surface area (Å²) in [7, 11) is 0. The molecule has 1 aromatic carbocycles. The van der Waals surface area contributed by atoms with Gasteiger partial charge in [-0.25, -0.2) is 0 Å². The van der Waals surface area contributed by atoms with E-state index in [0.29, 0.717) is 5.41 Å². The highest BCUT2D eigenvalue weighted by atomic mass is 16.5. The Hall–Kier alpha value is -1.28. The Balaban J connectivity index is 1.77. The minimum Gasteiger partial charge on any atom is -0.501 e. The first-order valence-electron chi connectivity index (χ1n) is 6.11. The third-order valence-corrected chi connectivity index (χ3v) is 3.21. The van der Waals surface area contributed by atoms with Gasteiger partial charge in [-0.1, -0.05) is 37.3 Å². The molecule has 17 heavy (non-hydrogen) atoms. The number of benzene rings is 1. The van der Waals surface area contributed by atoms with E-state index in [1.165, 1.54) is 11.1 Å². The molecule has 2 nitrogen and oxygen atoms in total. The van der Waals surface area contributed by atoms with Gasteiger partial charge in [0.2, 0.25) is 0 Å². The van der Waals surface area contributed by atoms with Crippen molar-refractivity contribution in [2.24, 2.45) is 5.41 Å². The Morgan fingerprint density at radius 1 is 1.35 bits per heavy atom. The standard InChI is InChI=1S/C15H20O2/c1-13(14-6-4-3-5-7-14)10-16-9-8-15(2)11-17-12-15/h3-7,10H,8-9,11-12H2,1-2H3/b13-10-. The summed E-state index contributed by atoms with van der Waals surface area (Å²) in [5.41, 5.74) is 2.72. The molecule has 0 radical (unpaired) electrons. The van der Waals surface area contributed by atoms with E-state index in [2.05, 4.69) is 26.0 Å². The molecule has 0 amide bonds. The highest BCUT2D eigenvalue weighted by Gasteiger charge is 2.32. The highest BCUT2D eigenvalue weighted by molar-refractivity contribution is 5.62. The lowest BCUT2D eigenvalue weighted by Crippen LogP contribution is -2.40. The van der Waals surface area contributed by atoms with Crippen LogP contribution in [0.2, 0.25) is 0 Å². The molecule has 2 heteroatoms. The molecule has 0 spiro atoms. The predicted molar refractivity (Wildman–Crippen MR) is 69.6 cm³/mol. The molecule has 1 aliphatic rings. The van der Waals surface area contributed by atoms with Gasteiger partial charge in [0.15, 0.2) is 0 Å². The normalized spacial score (nSPS) is 18.6. The average Bonchev–Trinajstić information content (AvgIpc) is 2.33. The van der Waals surface area contributed by atoms with Crippen molar-refractivity contribution in [3.8, 4) is 0 Å². The van der Waals surface area contributed by atoms with Crippen molar-refractivity contribution in [3.63, 3.8) is 0 Å². The second kappa shape index (κ2) is 5.37. The van der Waals surface area contributed by atoms with Crippen LogP contribution in [0.5, 0.6) is 0 Å². The Morgan fingerprint density at radius 2 is 2.06 bits per heavy atom. The largest absolute Gasteiger partial charge is 0.501 e. The Morgan fingerprint density at radius 3 is 2.65 bits per heavy atom. The van der Waals surface area contributed by atoms with Crippen molar-refractivity contribution < 1.29 is 9.47 Å². The zero-order valence-corrected chi connectivity index (χ0v) is 10.6. The minimum atomic E-state index is 0.342. The zero-order valence-electron chi connectivity index (χ0n) is 10.6. The molecule has 92 valence electrons. The lowest BCUT2D eigenvalue weighted by atomic mass is 9.85. The van der Waals surface area contributed by atoms with Gasteiger partial charge in [0.25, 0.3) is 0 Å². The fraction of sp³-hybridized carbons (Fsp3) is 0.467. The number of hydrogen-bond acceptors (Lipinski definition) is 2. The lowest BCUT2D eigenvalue weighted by Gasteiger charge is -2.37. The van der Waals surface area contributed by atoms with Gasteiger partial charge in [-0.15, -0.1) is 0 Å². The van der Waals surface area contributed by atoms with E-state index in [0.717, 1.165) is 26.2 Å². The van der Waals surface area contributed by atoms with Gasteiger partial charge in [-0.05, 0) is 24.5 Å². The monoisotopic (exact) mass is 232 g/mol. The molecule has 0 aliphatic carbocycles. The van der Waals surface area contributed by atoms with Crippen molar-refractivity contribution >= 4 is 5.57 Å². The van der Waals surface area contributed by atoms with Gasteiger partial charge in [0.1, 0.15) is 0 Å². The van der Waals surface area contributed by atoms with Crippen molar-refractivity contribution in [3.05, 3.63) is 42.2 Å². The molecule has 1 aromatic rings. The summed E-state index contributed by atoms with van der Waals surface area (Å²) in [6.07, 6.45) is 2.92. The Labute approximate surface area is 103 Å². The maximum Gasteiger partial charge on any atom is 0.0880 e. The molecule has 2 rings (SSSR count). The van der Waals surface area contributed by atoms with Gasteiger partial charge < -0.3 is 9.47 Å². The van der Waals surface area contributed by atoms with Crippen LogP contribution in [0.3, 0.4) is 0 Å². The highest BCUT2D eigenvalue weighted by Crippen LogP contribution is 2.30. The second-order valence-corrected chi connectivity index (χ2v) is 5.09. The molecule has 0 atom stereocenters. The number of hydrogen-bond donors (Lipinski definition) is 0. The molecule has 0 aromatic heterocycles. The van der Waals surface area contributed by atoms with Crippen LogP contribution in [0.4, 0.5) is 0 Å². The minimum absolute atomic E-state index is 0.342. The van der Waals surface area contributed by atoms with Gasteiger partial charge in [-0.2, -0.15) is 0 Å². The molecular formula is C15H20O2. The average molecular weight is 232 g/mol. The van der Waals surface area contributed by atoms with Crippen LogP contribution >= 0.6 is 0 Å². The first-order valence-corrected chi connectivity index (χ1v) is 6.11. The summed E-state index contributed by atoms with van der Waals surface area (Å²) in [6.45, 7) is 6.83. The van der Waals surface area contributed by atoms with E-state index in [-0.39, 0.29) is 0 Å². The van der Waals surface area contributed by atoms with Gasteiger partial charge in [-0.3, -0.25) is 0 Å². The summed E-state index contributed by atoms with van der Waals surface area (Å²) in [6, 6.07) is 10.3. The van der Waals surface area contributed by atoms with Crippen LogP contribution in [0.15, 0.2) is 36.6 Å². The zero-order chi connectivity index (χ0) is 12.1. The second-order valence-electron chi connectivity index (χ2n) is 5.09. The maximum absolute atomic E-state index is 5.60. The van der Waals surface area contributed by atoms with E-state index < -0.39 is 0 Å². The SMILES string of the molecule is C/C(=C/OCCC1(C)COC1)c1ccccc1. The summed E-state index contributed by atoms with van der Waals surface area (Å²) in [5, 5.41) is 0. The number of ether oxygens (including phenoxy) is 2. The molecule has 1 saturated heterocycles. The first-order chi connectivity index (χ1) is 8.20. The Bertz CT molecular complexity index is 377. The number of allylic oxidation sites excluding steroid dienone is 1. The van der Waals surface area contributed by atoms with E-state index in [1.807, 2.05) is 24.5 Å². The maximum atomic E-state index is 5.60. The van der Waals surface area contributed by atoms with Gasteiger partial charge in [0, 0.05) is 5.41 Å². The van der Waals surface area contributed by atoms with Crippen molar-refractivity contribution in [1.82, 2.24) is 0 Å². The molecule has 0 bridgehead atoms. The third kappa shape index (κ3) is 3.34. The molecule has 0 saturated carbocycles. The van der Waals surface area contributed by atoms with E-state index in [4.69, 9.17) is 9.47 Å². The van der Waals surface area contributed by atoms with Crippen LogP contribution in [0, 0.1) is 5.41 Å². The van der Waals surface area contributed by atoms with Crippen LogP contribution in [-0.2, 0) is 9.47 Å². The van der Waals surface area contributed by atoms with E-state index >= 15 is 0 Å². The molecule has 1 fully saturated rings. The first kappa shape index (κ1) is 12.2. The van der Waals surface area contributed by atoms with E-state index in [9.17, 15) is 0 Å². The molecule has 1 heterocycles. The third-order valence-electron chi connectivity index (χ3n) is 3.21. The van der Waals surface area contributed by atoms with Crippen molar-refractivity contribution in [2.75, 3.05) is 19.8 Å². The summed E-state index contributed by atoms with van der Waals surface area (Å²) >= 11 is 0. The lowest BCUT2D eigenvalue weighted by molar-refractivity contribution is -0.111. The summed E-state index contributed by atoms with van der Waals surface area (Å²) < 4.78 is 10.8. The van der Waals surface area contributed by atoms with Crippen LogP contribution < -0.4 is 0 Å². The number of rotatable bonds is 5. The summed E-state index contributed by atoms with van der Waals surface area (Å²) in [4.78, 5) is 0. The van der Waals surface area contributed by atoms with Crippen molar-refractivity contribution in [1.29, 1.82) is 0 Å². The quantitative estimate of drug-likeness (QED) is 0.571. The topological polar surface area (TPSA) is 18.5 Å². The molecule has 0 N–H and O–H groups in total. The van der Waals surface area contributed by atoms with Crippen LogP contribution in [0.25, 0.3) is 5.57 Å². The van der Waals surface area contributed by atoms with Crippen LogP contribution in [0.1, 0.15) is 25.8 Å². The Kier molecular flexibility index (Phi) is 3.85. The predicted octanol–water partition coefficient (Wildman–Crippen LogP) is 3.49. The fourth-order valence-corrected chi connectivity index (χ4v) is 1.85. The smallest absolute Gasteiger partial charge is 0.0880 e. The van der Waals surface area contributed by atoms with E-state index in [1.54, 1.807) is 0 Å². The van der Waals surface area contributed by atoms with Gasteiger partial charge >= 0.3 is 0 Å². The molecule has 1 aliphatic heterocycles.